The number of aromatic nitrogens is 1. The van der Waals surface area contributed by atoms with Crippen LogP contribution in [0.5, 0.6) is 0 Å². The van der Waals surface area contributed by atoms with Crippen LogP contribution in [-0.4, -0.2) is 16.2 Å². The van der Waals surface area contributed by atoms with Crippen molar-refractivity contribution in [2.45, 2.75) is 39.2 Å². The summed E-state index contributed by atoms with van der Waals surface area (Å²) in [6.07, 6.45) is 6.89. The summed E-state index contributed by atoms with van der Waals surface area (Å²) in [7, 11) is 0. The van der Waals surface area contributed by atoms with E-state index in [0.29, 0.717) is 11.8 Å². The highest BCUT2D eigenvalue weighted by Crippen LogP contribution is 2.31. The summed E-state index contributed by atoms with van der Waals surface area (Å²) in [5, 5.41) is 10.2. The molecule has 0 radical (unpaired) electrons. The van der Waals surface area contributed by atoms with Crippen LogP contribution in [0.2, 0.25) is 0 Å². The summed E-state index contributed by atoms with van der Waals surface area (Å²) < 4.78 is 0. The van der Waals surface area contributed by atoms with Crippen LogP contribution in [0.25, 0.3) is 0 Å². The fourth-order valence-corrected chi connectivity index (χ4v) is 3.25. The van der Waals surface area contributed by atoms with Crippen molar-refractivity contribution in [3.63, 3.8) is 0 Å². The highest BCUT2D eigenvalue weighted by Gasteiger charge is 2.25. The topological polar surface area (TPSA) is 33.1 Å². The molecule has 1 heterocycles. The fourth-order valence-electron chi connectivity index (χ4n) is 2.61. The van der Waals surface area contributed by atoms with Gasteiger partial charge in [0.05, 0.1) is 11.6 Å². The molecule has 0 fully saturated rings. The van der Waals surface area contributed by atoms with Gasteiger partial charge in [0, 0.05) is 17.5 Å². The first-order chi connectivity index (χ1) is 7.65. The van der Waals surface area contributed by atoms with E-state index in [1.54, 1.807) is 11.3 Å². The van der Waals surface area contributed by atoms with Crippen molar-refractivity contribution in [3.8, 4) is 0 Å². The van der Waals surface area contributed by atoms with Crippen LogP contribution in [0.4, 0.5) is 0 Å². The van der Waals surface area contributed by atoms with E-state index in [1.165, 1.54) is 10.5 Å². The zero-order valence-corrected chi connectivity index (χ0v) is 10.7. The molecule has 0 aromatic carbocycles. The molecular formula is C13H19NOS. The van der Waals surface area contributed by atoms with Gasteiger partial charge in [0.1, 0.15) is 0 Å². The van der Waals surface area contributed by atoms with Crippen LogP contribution in [0.1, 0.15) is 31.6 Å². The lowest BCUT2D eigenvalue weighted by atomic mass is 9.80. The normalized spacial score (nSPS) is 27.6. The minimum absolute atomic E-state index is 0.216. The van der Waals surface area contributed by atoms with Gasteiger partial charge in [0.2, 0.25) is 0 Å². The summed E-state index contributed by atoms with van der Waals surface area (Å²) in [5.74, 6) is 1.02. The number of rotatable bonds is 3. The average molecular weight is 237 g/mol. The smallest absolute Gasteiger partial charge is 0.0794 e. The molecule has 1 aromatic heterocycles. The Kier molecular flexibility index (Phi) is 3.77. The molecule has 0 aliphatic heterocycles. The van der Waals surface area contributed by atoms with Crippen LogP contribution in [0.3, 0.4) is 0 Å². The molecule has 1 aliphatic carbocycles. The molecule has 0 spiro atoms. The predicted octanol–water partition coefficient (Wildman–Crippen LogP) is 3.04. The Hall–Kier alpha value is -0.670. The summed E-state index contributed by atoms with van der Waals surface area (Å²) >= 11 is 1.63. The number of hydrogen-bond acceptors (Lipinski definition) is 3. The van der Waals surface area contributed by atoms with Gasteiger partial charge < -0.3 is 5.11 Å². The van der Waals surface area contributed by atoms with Crippen LogP contribution in [0, 0.1) is 11.8 Å². The van der Waals surface area contributed by atoms with Crippen molar-refractivity contribution in [1.82, 2.24) is 4.98 Å². The van der Waals surface area contributed by atoms with Crippen LogP contribution < -0.4 is 0 Å². The Balaban J connectivity index is 1.95. The maximum absolute atomic E-state index is 10.2. The van der Waals surface area contributed by atoms with Gasteiger partial charge in [-0.1, -0.05) is 18.6 Å². The Labute approximate surface area is 101 Å². The standard InChI is InChI=1S/C13H19NOS/c1-9-3-10(2)5-11(4-9)13(15)6-12-7-14-8-16-12/h3,7-9,11,13,15H,4-6H2,1-2H3. The second-order valence-corrected chi connectivity index (χ2v) is 5.90. The third kappa shape index (κ3) is 2.92. The lowest BCUT2D eigenvalue weighted by molar-refractivity contribution is 0.0939. The van der Waals surface area contributed by atoms with Gasteiger partial charge in [-0.25, -0.2) is 0 Å². The number of thiazole rings is 1. The maximum atomic E-state index is 10.2. The highest BCUT2D eigenvalue weighted by molar-refractivity contribution is 7.09. The number of aliphatic hydroxyl groups excluding tert-OH is 1. The molecule has 0 bridgehead atoms. The third-order valence-corrected chi connectivity index (χ3v) is 4.07. The first-order valence-corrected chi connectivity index (χ1v) is 6.76. The first-order valence-electron chi connectivity index (χ1n) is 5.88. The molecule has 0 amide bonds. The summed E-state index contributed by atoms with van der Waals surface area (Å²) in [5.41, 5.74) is 3.25. The SMILES string of the molecule is CC1=CC(C)CC(C(O)Cc2cncs2)C1. The molecule has 2 rings (SSSR count). The third-order valence-electron chi connectivity index (χ3n) is 3.27. The van der Waals surface area contributed by atoms with Crippen molar-refractivity contribution >= 4 is 11.3 Å². The van der Waals surface area contributed by atoms with Crippen molar-refractivity contribution in [3.05, 3.63) is 28.2 Å². The van der Waals surface area contributed by atoms with Gasteiger partial charge in [0.25, 0.3) is 0 Å². The van der Waals surface area contributed by atoms with Crippen molar-refractivity contribution in [1.29, 1.82) is 0 Å². The molecule has 2 nitrogen and oxygen atoms in total. The first kappa shape index (κ1) is 11.8. The van der Waals surface area contributed by atoms with E-state index in [4.69, 9.17) is 0 Å². The largest absolute Gasteiger partial charge is 0.392 e. The van der Waals surface area contributed by atoms with E-state index in [2.05, 4.69) is 24.9 Å². The second-order valence-electron chi connectivity index (χ2n) is 4.93. The Morgan fingerprint density at radius 2 is 2.44 bits per heavy atom. The molecule has 3 atom stereocenters. The fraction of sp³-hybridized carbons (Fsp3) is 0.615. The zero-order valence-electron chi connectivity index (χ0n) is 9.89. The van der Waals surface area contributed by atoms with E-state index in [9.17, 15) is 5.11 Å². The summed E-state index contributed by atoms with van der Waals surface area (Å²) in [6, 6.07) is 0. The van der Waals surface area contributed by atoms with E-state index in [1.807, 2.05) is 11.7 Å². The van der Waals surface area contributed by atoms with Gasteiger partial charge >= 0.3 is 0 Å². The Bertz CT molecular complexity index is 358. The number of aliphatic hydroxyl groups is 1. The van der Waals surface area contributed by atoms with Crippen LogP contribution >= 0.6 is 11.3 Å². The molecule has 88 valence electrons. The van der Waals surface area contributed by atoms with Gasteiger partial charge in [0.15, 0.2) is 0 Å². The highest BCUT2D eigenvalue weighted by atomic mass is 32.1. The van der Waals surface area contributed by atoms with Crippen LogP contribution in [0.15, 0.2) is 23.4 Å². The van der Waals surface area contributed by atoms with Gasteiger partial charge in [-0.15, -0.1) is 11.3 Å². The number of allylic oxidation sites excluding steroid dienone is 2. The van der Waals surface area contributed by atoms with E-state index < -0.39 is 0 Å². The number of hydrogen-bond donors (Lipinski definition) is 1. The minimum Gasteiger partial charge on any atom is -0.392 e. The molecule has 1 N–H and O–H groups in total. The van der Waals surface area contributed by atoms with E-state index >= 15 is 0 Å². The predicted molar refractivity (Wildman–Crippen MR) is 67.5 cm³/mol. The monoisotopic (exact) mass is 237 g/mol. The second kappa shape index (κ2) is 5.11. The molecule has 1 aromatic rings. The molecule has 1 aliphatic rings. The Morgan fingerprint density at radius 1 is 1.62 bits per heavy atom. The van der Waals surface area contributed by atoms with Gasteiger partial charge in [-0.05, 0) is 31.6 Å². The van der Waals surface area contributed by atoms with Crippen molar-refractivity contribution in [2.24, 2.45) is 11.8 Å². The molecule has 3 heteroatoms. The average Bonchev–Trinajstić information content (AvgIpc) is 2.68. The maximum Gasteiger partial charge on any atom is 0.0794 e. The van der Waals surface area contributed by atoms with E-state index in [-0.39, 0.29) is 6.10 Å². The minimum atomic E-state index is -0.216. The van der Waals surface area contributed by atoms with Gasteiger partial charge in [-0.2, -0.15) is 0 Å². The number of nitrogens with zero attached hydrogens (tertiary/aromatic N) is 1. The lowest BCUT2D eigenvalue weighted by Gasteiger charge is -2.29. The molecule has 16 heavy (non-hydrogen) atoms. The molecular weight excluding hydrogens is 218 g/mol. The van der Waals surface area contributed by atoms with Crippen molar-refractivity contribution < 1.29 is 5.11 Å². The molecule has 3 unspecified atom stereocenters. The van der Waals surface area contributed by atoms with Gasteiger partial charge in [-0.3, -0.25) is 4.98 Å². The quantitative estimate of drug-likeness (QED) is 0.820. The van der Waals surface area contributed by atoms with Crippen LogP contribution in [-0.2, 0) is 6.42 Å². The molecule has 0 saturated carbocycles. The molecule has 0 saturated heterocycles. The van der Waals surface area contributed by atoms with Crippen molar-refractivity contribution in [2.75, 3.05) is 0 Å². The lowest BCUT2D eigenvalue weighted by Crippen LogP contribution is -2.26. The summed E-state index contributed by atoms with van der Waals surface area (Å²) in [6.45, 7) is 4.40. The zero-order chi connectivity index (χ0) is 11.5. The summed E-state index contributed by atoms with van der Waals surface area (Å²) in [4.78, 5) is 5.23. The Morgan fingerprint density at radius 3 is 3.06 bits per heavy atom. The van der Waals surface area contributed by atoms with E-state index in [0.717, 1.165) is 19.3 Å².